The van der Waals surface area contributed by atoms with Gasteiger partial charge in [0.1, 0.15) is 0 Å². The second kappa shape index (κ2) is 13.8. The predicted molar refractivity (Wildman–Crippen MR) is 110 cm³/mol. The summed E-state index contributed by atoms with van der Waals surface area (Å²) in [5, 5.41) is 0. The van der Waals surface area contributed by atoms with Gasteiger partial charge in [-0.15, -0.1) is 11.6 Å². The molecule has 0 amide bonds. The molecule has 0 atom stereocenters. The van der Waals surface area contributed by atoms with Gasteiger partial charge in [-0.3, -0.25) is 0 Å². The number of aryl methyl sites for hydroxylation is 1. The van der Waals surface area contributed by atoms with E-state index in [1.807, 2.05) is 0 Å². The number of hydrogen-bond acceptors (Lipinski definition) is 0. The molecule has 0 spiro atoms. The summed E-state index contributed by atoms with van der Waals surface area (Å²) >= 11 is 6.11. The number of unbranched alkanes of at least 4 members (excludes halogenated alkanes) is 9. The monoisotopic (exact) mass is 350 g/mol. The minimum atomic E-state index is 0.648. The normalized spacial score (nSPS) is 11.2. The van der Waals surface area contributed by atoms with Crippen LogP contribution in [-0.2, 0) is 25.1 Å². The molecule has 0 aromatic heterocycles. The molecule has 24 heavy (non-hydrogen) atoms. The van der Waals surface area contributed by atoms with Crippen LogP contribution in [0.2, 0.25) is 0 Å². The third-order valence-corrected chi connectivity index (χ3v) is 5.56. The lowest BCUT2D eigenvalue weighted by atomic mass is 9.90. The van der Waals surface area contributed by atoms with E-state index in [1.54, 1.807) is 11.1 Å². The Hall–Kier alpha value is -0.490. The standard InChI is InChI=1S/C23H39Cl/c1-4-7-8-9-10-11-12-13-14-15-16-20-17-18-21(19-24)23(6-3)22(20)5-2/h17-18H,4-16,19H2,1-3H3. The molecule has 0 radical (unpaired) electrons. The molecule has 0 fully saturated rings. The van der Waals surface area contributed by atoms with Crippen molar-refractivity contribution in [1.82, 2.24) is 0 Å². The molecule has 0 unspecified atom stereocenters. The summed E-state index contributed by atoms with van der Waals surface area (Å²) in [7, 11) is 0. The van der Waals surface area contributed by atoms with Crippen molar-refractivity contribution < 1.29 is 0 Å². The van der Waals surface area contributed by atoms with Gasteiger partial charge in [0.2, 0.25) is 0 Å². The average Bonchev–Trinajstić information content (AvgIpc) is 2.62. The number of halogens is 1. The van der Waals surface area contributed by atoms with E-state index >= 15 is 0 Å². The van der Waals surface area contributed by atoms with Crippen molar-refractivity contribution in [3.63, 3.8) is 0 Å². The van der Waals surface area contributed by atoms with E-state index in [0.717, 1.165) is 12.8 Å². The fraction of sp³-hybridized carbons (Fsp3) is 0.739. The molecule has 0 nitrogen and oxygen atoms in total. The fourth-order valence-electron chi connectivity index (χ4n) is 3.83. The van der Waals surface area contributed by atoms with Crippen molar-refractivity contribution in [3.8, 4) is 0 Å². The number of rotatable bonds is 14. The lowest BCUT2D eigenvalue weighted by Crippen LogP contribution is -2.02. The maximum Gasteiger partial charge on any atom is 0.0476 e. The lowest BCUT2D eigenvalue weighted by Gasteiger charge is -2.16. The third kappa shape index (κ3) is 7.60. The predicted octanol–water partition coefficient (Wildman–Crippen LogP) is 8.01. The van der Waals surface area contributed by atoms with Crippen LogP contribution in [-0.4, -0.2) is 0 Å². The average molecular weight is 351 g/mol. The van der Waals surface area contributed by atoms with Gasteiger partial charge in [0, 0.05) is 5.88 Å². The smallest absolute Gasteiger partial charge is 0.0476 e. The Morgan fingerprint density at radius 1 is 0.625 bits per heavy atom. The van der Waals surface area contributed by atoms with Crippen molar-refractivity contribution >= 4 is 11.6 Å². The highest BCUT2D eigenvalue weighted by Crippen LogP contribution is 2.24. The third-order valence-electron chi connectivity index (χ3n) is 5.28. The molecule has 138 valence electrons. The molecule has 1 rings (SSSR count). The Balaban J connectivity index is 2.28. The Morgan fingerprint density at radius 3 is 1.58 bits per heavy atom. The molecule has 1 aromatic rings. The van der Waals surface area contributed by atoms with Gasteiger partial charge in [0.25, 0.3) is 0 Å². The van der Waals surface area contributed by atoms with Gasteiger partial charge in [-0.2, -0.15) is 0 Å². The Morgan fingerprint density at radius 2 is 1.08 bits per heavy atom. The van der Waals surface area contributed by atoms with Gasteiger partial charge in [0.05, 0.1) is 0 Å². The maximum atomic E-state index is 6.11. The van der Waals surface area contributed by atoms with Crippen LogP contribution in [0.3, 0.4) is 0 Å². The molecule has 0 saturated heterocycles. The summed E-state index contributed by atoms with van der Waals surface area (Å²) in [6.45, 7) is 6.83. The minimum absolute atomic E-state index is 0.648. The SMILES string of the molecule is CCCCCCCCCCCCc1ccc(CCl)c(CC)c1CC. The van der Waals surface area contributed by atoms with Gasteiger partial charge >= 0.3 is 0 Å². The fourth-order valence-corrected chi connectivity index (χ4v) is 4.08. The van der Waals surface area contributed by atoms with Gasteiger partial charge in [-0.05, 0) is 47.9 Å². The van der Waals surface area contributed by atoms with E-state index in [9.17, 15) is 0 Å². The second-order valence-corrected chi connectivity index (χ2v) is 7.38. The molecule has 0 bridgehead atoms. The Kier molecular flexibility index (Phi) is 12.4. The molecular formula is C23H39Cl. The van der Waals surface area contributed by atoms with Gasteiger partial charge in [-0.25, -0.2) is 0 Å². The highest BCUT2D eigenvalue weighted by Gasteiger charge is 2.10. The van der Waals surface area contributed by atoms with Crippen molar-refractivity contribution in [3.05, 3.63) is 34.4 Å². The van der Waals surface area contributed by atoms with Crippen LogP contribution in [0.15, 0.2) is 12.1 Å². The molecule has 0 heterocycles. The van der Waals surface area contributed by atoms with E-state index in [-0.39, 0.29) is 0 Å². The number of alkyl halides is 1. The van der Waals surface area contributed by atoms with Crippen molar-refractivity contribution in [2.45, 2.75) is 110 Å². The maximum absolute atomic E-state index is 6.11. The van der Waals surface area contributed by atoms with Crippen LogP contribution in [0, 0.1) is 0 Å². The first-order valence-corrected chi connectivity index (χ1v) is 11.0. The zero-order chi connectivity index (χ0) is 17.6. The molecule has 1 aromatic carbocycles. The van der Waals surface area contributed by atoms with Crippen LogP contribution < -0.4 is 0 Å². The number of benzene rings is 1. The molecule has 1 heteroatoms. The van der Waals surface area contributed by atoms with E-state index < -0.39 is 0 Å². The molecule has 0 aliphatic carbocycles. The summed E-state index contributed by atoms with van der Waals surface area (Å²) in [5.74, 6) is 0.648. The molecule has 0 saturated carbocycles. The van der Waals surface area contributed by atoms with Gasteiger partial charge in [0.15, 0.2) is 0 Å². The summed E-state index contributed by atoms with van der Waals surface area (Å²) in [4.78, 5) is 0. The van der Waals surface area contributed by atoms with E-state index in [1.165, 1.54) is 81.8 Å². The molecular weight excluding hydrogens is 312 g/mol. The topological polar surface area (TPSA) is 0 Å². The summed E-state index contributed by atoms with van der Waals surface area (Å²) in [5.41, 5.74) is 5.99. The second-order valence-electron chi connectivity index (χ2n) is 7.11. The lowest BCUT2D eigenvalue weighted by molar-refractivity contribution is 0.556. The van der Waals surface area contributed by atoms with Crippen molar-refractivity contribution in [2.75, 3.05) is 0 Å². The highest BCUT2D eigenvalue weighted by atomic mass is 35.5. The first kappa shape index (κ1) is 21.6. The first-order valence-electron chi connectivity index (χ1n) is 10.5. The Labute approximate surface area is 156 Å². The van der Waals surface area contributed by atoms with Gasteiger partial charge < -0.3 is 0 Å². The van der Waals surface area contributed by atoms with Crippen LogP contribution >= 0.6 is 11.6 Å². The molecule has 0 N–H and O–H groups in total. The largest absolute Gasteiger partial charge is 0.122 e. The van der Waals surface area contributed by atoms with Gasteiger partial charge in [-0.1, -0.05) is 90.7 Å². The van der Waals surface area contributed by atoms with Crippen LogP contribution in [0.5, 0.6) is 0 Å². The summed E-state index contributed by atoms with van der Waals surface area (Å²) in [6.07, 6.45) is 17.6. The van der Waals surface area contributed by atoms with Crippen molar-refractivity contribution in [1.29, 1.82) is 0 Å². The zero-order valence-corrected chi connectivity index (χ0v) is 17.2. The summed E-state index contributed by atoms with van der Waals surface area (Å²) in [6, 6.07) is 4.60. The molecule has 0 aliphatic heterocycles. The first-order chi connectivity index (χ1) is 11.8. The van der Waals surface area contributed by atoms with E-state index in [0.29, 0.717) is 5.88 Å². The quantitative estimate of drug-likeness (QED) is 0.235. The Bertz CT molecular complexity index is 436. The molecule has 0 aliphatic rings. The van der Waals surface area contributed by atoms with Crippen LogP contribution in [0.1, 0.15) is 107 Å². The van der Waals surface area contributed by atoms with Crippen LogP contribution in [0.25, 0.3) is 0 Å². The summed E-state index contributed by atoms with van der Waals surface area (Å²) < 4.78 is 0. The number of hydrogen-bond donors (Lipinski definition) is 0. The highest BCUT2D eigenvalue weighted by molar-refractivity contribution is 6.17. The van der Waals surface area contributed by atoms with Crippen molar-refractivity contribution in [2.24, 2.45) is 0 Å². The van der Waals surface area contributed by atoms with E-state index in [4.69, 9.17) is 11.6 Å². The van der Waals surface area contributed by atoms with E-state index in [2.05, 4.69) is 32.9 Å². The van der Waals surface area contributed by atoms with Crippen LogP contribution in [0.4, 0.5) is 0 Å². The minimum Gasteiger partial charge on any atom is -0.122 e. The zero-order valence-electron chi connectivity index (χ0n) is 16.4.